The van der Waals surface area contributed by atoms with E-state index in [1.807, 2.05) is 34.6 Å². The number of carbonyl (C=O) groups excluding carboxylic acids is 7. The van der Waals surface area contributed by atoms with Gasteiger partial charge in [-0.1, -0.05) is 93.4 Å². The number of imide groups is 1. The van der Waals surface area contributed by atoms with Crippen molar-refractivity contribution in [3.8, 4) is 0 Å². The maximum absolute atomic E-state index is 14.5. The summed E-state index contributed by atoms with van der Waals surface area (Å²) in [6.45, 7) is 14.1. The first-order chi connectivity index (χ1) is 24.3. The van der Waals surface area contributed by atoms with Gasteiger partial charge in [0.15, 0.2) is 0 Å². The Balaban J connectivity index is 1.33. The number of carbonyl (C=O) groups is 7. The van der Waals surface area contributed by atoms with Gasteiger partial charge in [0.2, 0.25) is 29.4 Å². The van der Waals surface area contributed by atoms with E-state index >= 15 is 0 Å². The van der Waals surface area contributed by atoms with Crippen LogP contribution in [0.3, 0.4) is 0 Å². The predicted molar refractivity (Wildman–Crippen MR) is 194 cm³/mol. The Hall–Kier alpha value is -3.51. The summed E-state index contributed by atoms with van der Waals surface area (Å²) in [6.07, 6.45) is 8.95. The molecule has 0 unspecified atom stereocenters. The minimum absolute atomic E-state index is 0.0109. The van der Waals surface area contributed by atoms with Gasteiger partial charge in [-0.05, 0) is 53.8 Å². The van der Waals surface area contributed by atoms with Crippen LogP contribution in [0.4, 0.5) is 4.79 Å². The summed E-state index contributed by atoms with van der Waals surface area (Å²) >= 11 is 0. The third kappa shape index (κ3) is 9.34. The molecule has 52 heavy (non-hydrogen) atoms. The van der Waals surface area contributed by atoms with Crippen molar-refractivity contribution in [1.29, 1.82) is 0 Å². The Morgan fingerprint density at radius 2 is 1.40 bits per heavy atom. The maximum atomic E-state index is 14.5. The van der Waals surface area contributed by atoms with E-state index in [1.54, 1.807) is 4.90 Å². The van der Waals surface area contributed by atoms with Gasteiger partial charge in [-0.2, -0.15) is 0 Å². The number of likely N-dealkylation sites (tertiary alicyclic amines) is 1. The summed E-state index contributed by atoms with van der Waals surface area (Å²) in [6, 6.07) is -3.88. The van der Waals surface area contributed by atoms with Gasteiger partial charge >= 0.3 is 6.03 Å². The summed E-state index contributed by atoms with van der Waals surface area (Å²) in [5, 5.41) is 11.6. The first kappa shape index (κ1) is 39.7. The van der Waals surface area contributed by atoms with Gasteiger partial charge in [-0.25, -0.2) is 4.79 Å². The molecule has 5 aliphatic rings. The van der Waals surface area contributed by atoms with E-state index in [9.17, 15) is 33.6 Å². The fourth-order valence-corrected chi connectivity index (χ4v) is 8.51. The quantitative estimate of drug-likeness (QED) is 0.229. The van der Waals surface area contributed by atoms with Gasteiger partial charge in [-0.15, -0.1) is 0 Å². The van der Waals surface area contributed by atoms with Gasteiger partial charge < -0.3 is 26.2 Å². The van der Waals surface area contributed by atoms with Gasteiger partial charge in [0, 0.05) is 32.0 Å². The van der Waals surface area contributed by atoms with Crippen LogP contribution in [0.25, 0.3) is 0 Å². The van der Waals surface area contributed by atoms with Gasteiger partial charge in [0.1, 0.15) is 12.1 Å². The highest BCUT2D eigenvalue weighted by molar-refractivity contribution is 6.38. The molecule has 2 aliphatic carbocycles. The minimum Gasteiger partial charge on any atom is -0.347 e. The van der Waals surface area contributed by atoms with Crippen molar-refractivity contribution in [2.45, 2.75) is 162 Å². The van der Waals surface area contributed by atoms with Crippen molar-refractivity contribution in [3.63, 3.8) is 0 Å². The fourth-order valence-electron chi connectivity index (χ4n) is 8.51. The Labute approximate surface area is 308 Å². The number of Topliss-reactive ketones (excluding diaryl/α,β-unsaturated/α-hetero) is 1. The second-order valence-corrected chi connectivity index (χ2v) is 18.6. The van der Waals surface area contributed by atoms with Crippen LogP contribution in [-0.2, 0) is 28.8 Å². The molecule has 7 amide bonds. The number of nitrogens with one attached hydrogen (secondary N) is 4. The largest absolute Gasteiger partial charge is 0.347 e. The highest BCUT2D eigenvalue weighted by Gasteiger charge is 2.69. The van der Waals surface area contributed by atoms with Crippen LogP contribution in [0.15, 0.2) is 0 Å². The monoisotopic (exact) mass is 726 g/mol. The summed E-state index contributed by atoms with van der Waals surface area (Å²) < 4.78 is 0. The van der Waals surface area contributed by atoms with Crippen LogP contribution in [0.5, 0.6) is 0 Å². The van der Waals surface area contributed by atoms with E-state index in [0.29, 0.717) is 32.2 Å². The smallest absolute Gasteiger partial charge is 0.315 e. The molecule has 0 aromatic carbocycles. The van der Waals surface area contributed by atoms with Crippen LogP contribution < -0.4 is 21.3 Å². The van der Waals surface area contributed by atoms with Gasteiger partial charge in [0.05, 0.1) is 12.1 Å². The van der Waals surface area contributed by atoms with Crippen LogP contribution in [0.2, 0.25) is 0 Å². The number of amides is 7. The zero-order valence-electron chi connectivity index (χ0n) is 32.4. The number of ketones is 1. The minimum atomic E-state index is -0.976. The molecule has 4 N–H and O–H groups in total. The molecule has 6 atom stereocenters. The van der Waals surface area contributed by atoms with Crippen molar-refractivity contribution in [2.75, 3.05) is 13.1 Å². The summed E-state index contributed by atoms with van der Waals surface area (Å²) in [7, 11) is 0. The third-order valence-electron chi connectivity index (χ3n) is 12.2. The van der Waals surface area contributed by atoms with Crippen molar-refractivity contribution < 1.29 is 33.6 Å². The fraction of sp³-hybridized carbons (Fsp3) is 0.821. The van der Waals surface area contributed by atoms with E-state index < -0.39 is 58.6 Å². The summed E-state index contributed by atoms with van der Waals surface area (Å²) in [5.41, 5.74) is -1.12. The average molecular weight is 727 g/mol. The van der Waals surface area contributed by atoms with Crippen molar-refractivity contribution in [3.05, 3.63) is 0 Å². The van der Waals surface area contributed by atoms with Crippen LogP contribution >= 0.6 is 0 Å². The van der Waals surface area contributed by atoms with Crippen molar-refractivity contribution in [1.82, 2.24) is 31.1 Å². The summed E-state index contributed by atoms with van der Waals surface area (Å²) in [5.74, 6) is -2.67. The maximum Gasteiger partial charge on any atom is 0.315 e. The highest BCUT2D eigenvalue weighted by Crippen LogP contribution is 2.65. The van der Waals surface area contributed by atoms with E-state index in [0.717, 1.165) is 44.9 Å². The Bertz CT molecular complexity index is 1410. The molecule has 0 bridgehead atoms. The van der Waals surface area contributed by atoms with Crippen LogP contribution in [0, 0.1) is 28.1 Å². The molecule has 5 rings (SSSR count). The van der Waals surface area contributed by atoms with E-state index in [2.05, 4.69) is 35.1 Å². The molecule has 3 saturated heterocycles. The van der Waals surface area contributed by atoms with Crippen molar-refractivity contribution >= 4 is 41.4 Å². The van der Waals surface area contributed by atoms with Gasteiger partial charge in [-0.3, -0.25) is 33.7 Å². The lowest BCUT2D eigenvalue weighted by Gasteiger charge is -2.40. The topological polar surface area (TPSA) is 174 Å². The molecule has 0 aromatic rings. The van der Waals surface area contributed by atoms with E-state index in [-0.39, 0.29) is 60.4 Å². The number of nitrogens with zero attached hydrogens (tertiary/aromatic N) is 2. The molecule has 0 radical (unpaired) electrons. The third-order valence-corrected chi connectivity index (χ3v) is 12.2. The normalized spacial score (nSPS) is 30.4. The molecule has 290 valence electrons. The molecule has 0 aromatic heterocycles. The second kappa shape index (κ2) is 15.5. The van der Waals surface area contributed by atoms with E-state index in [4.69, 9.17) is 0 Å². The number of piperidine rings is 2. The van der Waals surface area contributed by atoms with Crippen LogP contribution in [-0.4, -0.2) is 94.4 Å². The SMILES string of the molecule is CC1(C)CC(=O)N(C[C@@H](NC(=O)N[C@H]2CCCCCCCCC[C@@H](C(=O)C(=O)NC3CC3)NC(=O)[C@@H]3[C@@H]4[C@H](CN3C2=O)C4(C)C)C(C)(C)C)C(=O)C1. The summed E-state index contributed by atoms with van der Waals surface area (Å²) in [4.78, 5) is 97.3. The van der Waals surface area contributed by atoms with Crippen molar-refractivity contribution in [2.24, 2.45) is 28.1 Å². The Kier molecular flexibility index (Phi) is 11.8. The average Bonchev–Trinajstić information content (AvgIpc) is 3.89. The predicted octanol–water partition coefficient (Wildman–Crippen LogP) is 3.58. The lowest BCUT2D eigenvalue weighted by Crippen LogP contribution is -2.61. The molecule has 3 heterocycles. The van der Waals surface area contributed by atoms with Crippen LogP contribution in [0.1, 0.15) is 132 Å². The standard InChI is InChI=1S/C39H62N6O7/c1-37(2,3)27(22-44-28(46)19-38(4,5)20-29(44)47)43-36(52)42-26-16-14-12-10-8-9-11-13-15-25(32(48)34(50)40-23-17-18-23)41-33(49)31-30-24(39(30,6)7)21-45(31)35(26)51/h23-27,30-31H,8-22H2,1-7H3,(H,40,50)(H,41,49)(H2,42,43,52)/t24-,25-,26-,27+,30-,31-/m0/s1. The number of hydrogen-bond donors (Lipinski definition) is 4. The Morgan fingerprint density at radius 1 is 0.827 bits per heavy atom. The van der Waals surface area contributed by atoms with Gasteiger partial charge in [0.25, 0.3) is 5.91 Å². The zero-order valence-corrected chi connectivity index (χ0v) is 32.4. The molecule has 5 fully saturated rings. The number of hydrogen-bond acceptors (Lipinski definition) is 7. The molecular weight excluding hydrogens is 664 g/mol. The number of urea groups is 1. The first-order valence-electron chi connectivity index (χ1n) is 19.7. The molecule has 2 saturated carbocycles. The highest BCUT2D eigenvalue weighted by atomic mass is 16.2. The molecule has 3 aliphatic heterocycles. The second-order valence-electron chi connectivity index (χ2n) is 18.6. The molecule has 13 nitrogen and oxygen atoms in total. The zero-order chi connectivity index (χ0) is 38.2. The molecular formula is C39H62N6O7. The van der Waals surface area contributed by atoms with E-state index in [1.165, 1.54) is 4.90 Å². The molecule has 13 heteroatoms. The lowest BCUT2D eigenvalue weighted by atomic mass is 9.80. The lowest BCUT2D eigenvalue weighted by molar-refractivity contribution is -0.153. The number of fused-ring (bicyclic) bond motifs is 3. The number of rotatable bonds is 7. The molecule has 0 spiro atoms. The Morgan fingerprint density at radius 3 is 1.98 bits per heavy atom. The first-order valence-corrected chi connectivity index (χ1v) is 19.7.